The Hall–Kier alpha value is -2.04. The topological polar surface area (TPSA) is 41.6 Å². The Kier molecular flexibility index (Phi) is 6.23. The van der Waals surface area contributed by atoms with E-state index in [0.717, 1.165) is 17.7 Å². The Balaban J connectivity index is 2.17. The second kappa shape index (κ2) is 8.18. The number of carbonyl (C=O) groups excluding carboxylic acids is 1. The summed E-state index contributed by atoms with van der Waals surface area (Å²) in [6.07, 6.45) is 0. The minimum atomic E-state index is -0.194. The third-order valence-electron chi connectivity index (χ3n) is 3.59. The molecule has 0 aliphatic rings. The van der Waals surface area contributed by atoms with Gasteiger partial charge in [-0.2, -0.15) is 0 Å². The van der Waals surface area contributed by atoms with E-state index in [1.165, 1.54) is 0 Å². The van der Waals surface area contributed by atoms with Crippen molar-refractivity contribution in [3.8, 4) is 5.75 Å². The van der Waals surface area contributed by atoms with Crippen LogP contribution in [0, 0.1) is 13.8 Å². The smallest absolute Gasteiger partial charge is 0.259 e. The van der Waals surface area contributed by atoms with Gasteiger partial charge in [0.05, 0.1) is 5.56 Å². The van der Waals surface area contributed by atoms with Crippen LogP contribution in [0.4, 0.5) is 5.69 Å². The predicted octanol–water partition coefficient (Wildman–Crippen LogP) is 4.15. The highest BCUT2D eigenvalue weighted by Crippen LogP contribution is 2.23. The fraction of sp³-hybridized carbons (Fsp3) is 0.316. The average molecular weight is 347 g/mol. The van der Waals surface area contributed by atoms with Crippen molar-refractivity contribution in [1.82, 2.24) is 4.90 Å². The first-order valence-electron chi connectivity index (χ1n) is 7.82. The van der Waals surface area contributed by atoms with E-state index in [-0.39, 0.29) is 5.91 Å². The maximum Gasteiger partial charge on any atom is 0.259 e. The van der Waals surface area contributed by atoms with E-state index in [9.17, 15) is 4.79 Å². The van der Waals surface area contributed by atoms with Gasteiger partial charge in [0.25, 0.3) is 5.91 Å². The van der Waals surface area contributed by atoms with Gasteiger partial charge >= 0.3 is 0 Å². The van der Waals surface area contributed by atoms with Gasteiger partial charge in [-0.3, -0.25) is 4.79 Å². The Bertz CT molecular complexity index is 729. The van der Waals surface area contributed by atoms with Gasteiger partial charge in [0.2, 0.25) is 0 Å². The van der Waals surface area contributed by atoms with Crippen LogP contribution in [-0.2, 0) is 0 Å². The molecule has 0 radical (unpaired) electrons. The first kappa shape index (κ1) is 18.3. The standard InChI is InChI=1S/C19H23ClN2O2/c1-13-5-8-18(24-10-9-22(3)4)16(11-13)19(23)21-15-6-7-17(20)14(2)12-15/h5-8,11-12H,9-10H2,1-4H3,(H,21,23). The monoisotopic (exact) mass is 346 g/mol. The van der Waals surface area contributed by atoms with Crippen LogP contribution < -0.4 is 10.1 Å². The average Bonchev–Trinajstić information content (AvgIpc) is 2.52. The molecule has 5 heteroatoms. The predicted molar refractivity (Wildman–Crippen MR) is 99.4 cm³/mol. The van der Waals surface area contributed by atoms with Gasteiger partial charge in [-0.25, -0.2) is 0 Å². The SMILES string of the molecule is Cc1ccc(OCCN(C)C)c(C(=O)Nc2ccc(Cl)c(C)c2)c1. The molecule has 2 rings (SSSR count). The summed E-state index contributed by atoms with van der Waals surface area (Å²) in [5, 5.41) is 3.58. The highest BCUT2D eigenvalue weighted by Gasteiger charge is 2.14. The second-order valence-corrected chi connectivity index (χ2v) is 6.48. The van der Waals surface area contributed by atoms with Gasteiger partial charge in [0.15, 0.2) is 0 Å². The van der Waals surface area contributed by atoms with Crippen molar-refractivity contribution >= 4 is 23.2 Å². The molecule has 24 heavy (non-hydrogen) atoms. The zero-order valence-corrected chi connectivity index (χ0v) is 15.3. The lowest BCUT2D eigenvalue weighted by Gasteiger charge is -2.15. The third kappa shape index (κ3) is 4.98. The minimum absolute atomic E-state index is 0.194. The molecule has 4 nitrogen and oxygen atoms in total. The van der Waals surface area contributed by atoms with Gasteiger partial charge < -0.3 is 15.0 Å². The van der Waals surface area contributed by atoms with Crippen molar-refractivity contribution in [2.45, 2.75) is 13.8 Å². The van der Waals surface area contributed by atoms with Crippen LogP contribution in [0.1, 0.15) is 21.5 Å². The molecule has 0 saturated heterocycles. The Morgan fingerprint density at radius 2 is 1.92 bits per heavy atom. The zero-order chi connectivity index (χ0) is 17.7. The number of halogens is 1. The molecule has 0 bridgehead atoms. The molecule has 0 saturated carbocycles. The summed E-state index contributed by atoms with van der Waals surface area (Å²) in [6, 6.07) is 11.0. The quantitative estimate of drug-likeness (QED) is 0.854. The van der Waals surface area contributed by atoms with Crippen LogP contribution in [0.15, 0.2) is 36.4 Å². The van der Waals surface area contributed by atoms with Crippen LogP contribution in [0.2, 0.25) is 5.02 Å². The van der Waals surface area contributed by atoms with Crippen LogP contribution in [0.3, 0.4) is 0 Å². The number of nitrogens with one attached hydrogen (secondary N) is 1. The van der Waals surface area contributed by atoms with Gasteiger partial charge in [0.1, 0.15) is 12.4 Å². The van der Waals surface area contributed by atoms with Crippen molar-refractivity contribution in [2.75, 3.05) is 32.6 Å². The maximum absolute atomic E-state index is 12.6. The largest absolute Gasteiger partial charge is 0.491 e. The Morgan fingerprint density at radius 3 is 2.58 bits per heavy atom. The number of nitrogens with zero attached hydrogens (tertiary/aromatic N) is 1. The molecule has 1 amide bonds. The molecule has 0 atom stereocenters. The van der Waals surface area contributed by atoms with Crippen molar-refractivity contribution in [2.24, 2.45) is 0 Å². The number of hydrogen-bond donors (Lipinski definition) is 1. The molecule has 0 unspecified atom stereocenters. The summed E-state index contributed by atoms with van der Waals surface area (Å²) in [7, 11) is 3.96. The lowest BCUT2D eigenvalue weighted by Crippen LogP contribution is -2.21. The number of anilines is 1. The molecule has 128 valence electrons. The van der Waals surface area contributed by atoms with Gasteiger partial charge in [-0.1, -0.05) is 23.2 Å². The van der Waals surface area contributed by atoms with E-state index < -0.39 is 0 Å². The van der Waals surface area contributed by atoms with Crippen LogP contribution in [-0.4, -0.2) is 38.1 Å². The highest BCUT2D eigenvalue weighted by atomic mass is 35.5. The fourth-order valence-corrected chi connectivity index (χ4v) is 2.32. The summed E-state index contributed by atoms with van der Waals surface area (Å²) in [6.45, 7) is 5.16. The normalized spacial score (nSPS) is 10.8. The molecule has 0 aliphatic carbocycles. The van der Waals surface area contributed by atoms with E-state index in [1.807, 2.05) is 57.1 Å². The fourth-order valence-electron chi connectivity index (χ4n) is 2.21. The van der Waals surface area contributed by atoms with Crippen molar-refractivity contribution in [1.29, 1.82) is 0 Å². The molecule has 1 N–H and O–H groups in total. The molecule has 2 aromatic rings. The first-order valence-corrected chi connectivity index (χ1v) is 8.20. The summed E-state index contributed by atoms with van der Waals surface area (Å²) in [5.41, 5.74) is 3.16. The summed E-state index contributed by atoms with van der Waals surface area (Å²) in [5.74, 6) is 0.394. The molecule has 0 heterocycles. The van der Waals surface area contributed by atoms with Gasteiger partial charge in [0, 0.05) is 17.3 Å². The van der Waals surface area contributed by atoms with Gasteiger partial charge in [-0.05, 0) is 63.8 Å². The summed E-state index contributed by atoms with van der Waals surface area (Å²) in [4.78, 5) is 14.7. The third-order valence-corrected chi connectivity index (χ3v) is 4.02. The molecule has 0 spiro atoms. The van der Waals surface area contributed by atoms with E-state index in [0.29, 0.717) is 28.6 Å². The van der Waals surface area contributed by atoms with E-state index in [2.05, 4.69) is 5.32 Å². The first-order chi connectivity index (χ1) is 11.4. The number of ether oxygens (including phenoxy) is 1. The number of rotatable bonds is 6. The van der Waals surface area contributed by atoms with E-state index in [4.69, 9.17) is 16.3 Å². The Morgan fingerprint density at radius 1 is 1.17 bits per heavy atom. The Labute approximate surface area is 148 Å². The molecule has 0 aromatic heterocycles. The molecule has 0 fully saturated rings. The number of benzene rings is 2. The van der Waals surface area contributed by atoms with Crippen molar-refractivity contribution in [3.63, 3.8) is 0 Å². The van der Waals surface area contributed by atoms with Crippen molar-refractivity contribution in [3.05, 3.63) is 58.1 Å². The lowest BCUT2D eigenvalue weighted by atomic mass is 10.1. The van der Waals surface area contributed by atoms with Gasteiger partial charge in [-0.15, -0.1) is 0 Å². The maximum atomic E-state index is 12.6. The van der Waals surface area contributed by atoms with E-state index in [1.54, 1.807) is 12.1 Å². The summed E-state index contributed by atoms with van der Waals surface area (Å²) >= 11 is 6.03. The number of likely N-dealkylation sites (N-methyl/N-ethyl adjacent to an activating group) is 1. The van der Waals surface area contributed by atoms with Crippen LogP contribution in [0.25, 0.3) is 0 Å². The molecule has 2 aromatic carbocycles. The number of hydrogen-bond acceptors (Lipinski definition) is 3. The molecule has 0 aliphatic heterocycles. The lowest BCUT2D eigenvalue weighted by molar-refractivity contribution is 0.102. The molecular weight excluding hydrogens is 324 g/mol. The summed E-state index contributed by atoms with van der Waals surface area (Å²) < 4.78 is 5.78. The molecular formula is C19H23ClN2O2. The minimum Gasteiger partial charge on any atom is -0.491 e. The van der Waals surface area contributed by atoms with Crippen molar-refractivity contribution < 1.29 is 9.53 Å². The van der Waals surface area contributed by atoms with Crippen LogP contribution >= 0.6 is 11.6 Å². The zero-order valence-electron chi connectivity index (χ0n) is 14.5. The number of aryl methyl sites for hydroxylation is 2. The number of carbonyl (C=O) groups is 1. The highest BCUT2D eigenvalue weighted by molar-refractivity contribution is 6.31. The van der Waals surface area contributed by atoms with E-state index >= 15 is 0 Å². The number of amides is 1. The van der Waals surface area contributed by atoms with Crippen LogP contribution in [0.5, 0.6) is 5.75 Å². The second-order valence-electron chi connectivity index (χ2n) is 6.07.